The number of likely N-dealkylation sites (tertiary alicyclic amines) is 2. The number of rotatable bonds is 5. The molecule has 1 unspecified atom stereocenters. The maximum atomic E-state index is 12.1. The minimum absolute atomic E-state index is 0.146. The molecule has 30 heavy (non-hydrogen) atoms. The lowest BCUT2D eigenvalue weighted by Crippen LogP contribution is -2.45. The number of nitrogens with one attached hydrogen (secondary N) is 1. The molecule has 4 heterocycles. The summed E-state index contributed by atoms with van der Waals surface area (Å²) in [4.78, 5) is 29.0. The lowest BCUT2D eigenvalue weighted by molar-refractivity contribution is -0.146. The third-order valence-corrected chi connectivity index (χ3v) is 6.84. The van der Waals surface area contributed by atoms with E-state index in [0.29, 0.717) is 13.1 Å². The number of aliphatic carboxylic acids is 1. The molecule has 1 aromatic carbocycles. The van der Waals surface area contributed by atoms with Crippen LogP contribution in [0.4, 0.5) is 0 Å². The number of carbonyl (C=O) groups is 1. The highest BCUT2D eigenvalue weighted by Crippen LogP contribution is 2.45. The molecule has 2 aromatic heterocycles. The SMILES string of the molecule is O=C(O)C1CN(Cc2nc3ccccc3[nH]2)CC12CCN(Cc1ccncc1)CC2. The largest absolute Gasteiger partial charge is 0.481 e. The molecule has 0 bridgehead atoms. The summed E-state index contributed by atoms with van der Waals surface area (Å²) < 4.78 is 0. The Kier molecular flexibility index (Phi) is 5.00. The van der Waals surface area contributed by atoms with Gasteiger partial charge < -0.3 is 10.1 Å². The van der Waals surface area contributed by atoms with E-state index < -0.39 is 5.97 Å². The molecule has 0 amide bonds. The van der Waals surface area contributed by atoms with Gasteiger partial charge in [0.25, 0.3) is 0 Å². The van der Waals surface area contributed by atoms with Crippen molar-refractivity contribution in [1.82, 2.24) is 24.8 Å². The second-order valence-corrected chi connectivity index (χ2v) is 8.76. The third kappa shape index (κ3) is 3.70. The van der Waals surface area contributed by atoms with Crippen LogP contribution in [0, 0.1) is 11.3 Å². The topological polar surface area (TPSA) is 85.3 Å². The fourth-order valence-electron chi connectivity index (χ4n) is 5.23. The first-order valence-corrected chi connectivity index (χ1v) is 10.6. The number of piperidine rings is 1. The van der Waals surface area contributed by atoms with Crippen molar-refractivity contribution in [3.8, 4) is 0 Å². The zero-order valence-electron chi connectivity index (χ0n) is 17.0. The first kappa shape index (κ1) is 19.2. The van der Waals surface area contributed by atoms with Crippen LogP contribution in [0.5, 0.6) is 0 Å². The maximum Gasteiger partial charge on any atom is 0.308 e. The van der Waals surface area contributed by atoms with Crippen molar-refractivity contribution in [2.75, 3.05) is 26.2 Å². The highest BCUT2D eigenvalue weighted by Gasteiger charge is 2.51. The van der Waals surface area contributed by atoms with Crippen LogP contribution < -0.4 is 0 Å². The normalized spacial score (nSPS) is 22.1. The van der Waals surface area contributed by atoms with Gasteiger partial charge in [0.05, 0.1) is 23.5 Å². The lowest BCUT2D eigenvalue weighted by atomic mass is 9.71. The molecule has 1 atom stereocenters. The summed E-state index contributed by atoms with van der Waals surface area (Å²) in [5.41, 5.74) is 3.10. The summed E-state index contributed by atoms with van der Waals surface area (Å²) >= 11 is 0. The molecular weight excluding hydrogens is 378 g/mol. The van der Waals surface area contributed by atoms with E-state index in [1.54, 1.807) is 0 Å². The Bertz CT molecular complexity index is 993. The minimum Gasteiger partial charge on any atom is -0.481 e. The predicted octanol–water partition coefficient (Wildman–Crippen LogP) is 2.76. The predicted molar refractivity (Wildman–Crippen MR) is 114 cm³/mol. The number of H-pyrrole nitrogens is 1. The summed E-state index contributed by atoms with van der Waals surface area (Å²) in [7, 11) is 0. The van der Waals surface area contributed by atoms with Gasteiger partial charge in [-0.1, -0.05) is 12.1 Å². The molecule has 0 aliphatic carbocycles. The van der Waals surface area contributed by atoms with Crippen molar-refractivity contribution >= 4 is 17.0 Å². The summed E-state index contributed by atoms with van der Waals surface area (Å²) in [5, 5.41) is 9.96. The Hall–Kier alpha value is -2.77. The number of benzene rings is 1. The second-order valence-electron chi connectivity index (χ2n) is 8.76. The summed E-state index contributed by atoms with van der Waals surface area (Å²) in [6, 6.07) is 12.1. The molecule has 0 saturated carbocycles. The monoisotopic (exact) mass is 405 g/mol. The minimum atomic E-state index is -0.662. The van der Waals surface area contributed by atoms with Gasteiger partial charge in [-0.25, -0.2) is 4.98 Å². The average Bonchev–Trinajstić information content (AvgIpc) is 3.32. The van der Waals surface area contributed by atoms with E-state index in [1.807, 2.05) is 36.7 Å². The van der Waals surface area contributed by atoms with Crippen molar-refractivity contribution in [1.29, 1.82) is 0 Å². The highest BCUT2D eigenvalue weighted by atomic mass is 16.4. The quantitative estimate of drug-likeness (QED) is 0.679. The maximum absolute atomic E-state index is 12.1. The molecule has 156 valence electrons. The van der Waals surface area contributed by atoms with E-state index in [0.717, 1.165) is 55.9 Å². The van der Waals surface area contributed by atoms with Gasteiger partial charge in [-0.2, -0.15) is 0 Å². The van der Waals surface area contributed by atoms with Gasteiger partial charge >= 0.3 is 5.97 Å². The Morgan fingerprint density at radius 3 is 2.60 bits per heavy atom. The van der Waals surface area contributed by atoms with E-state index in [2.05, 4.69) is 36.9 Å². The Morgan fingerprint density at radius 1 is 1.10 bits per heavy atom. The molecule has 3 aromatic rings. The van der Waals surface area contributed by atoms with Crippen molar-refractivity contribution in [2.24, 2.45) is 11.3 Å². The molecule has 2 fully saturated rings. The number of pyridine rings is 1. The number of hydrogen-bond donors (Lipinski definition) is 2. The van der Waals surface area contributed by atoms with Gasteiger partial charge in [0.2, 0.25) is 0 Å². The molecule has 0 radical (unpaired) electrons. The van der Waals surface area contributed by atoms with Crippen molar-refractivity contribution in [3.05, 3.63) is 60.2 Å². The number of carboxylic acid groups (broad SMARTS) is 1. The van der Waals surface area contributed by atoms with Crippen LogP contribution in [-0.2, 0) is 17.9 Å². The van der Waals surface area contributed by atoms with Crippen LogP contribution in [0.15, 0.2) is 48.8 Å². The van der Waals surface area contributed by atoms with Crippen LogP contribution in [0.25, 0.3) is 11.0 Å². The van der Waals surface area contributed by atoms with Crippen LogP contribution >= 0.6 is 0 Å². The standard InChI is InChI=1S/C23H27N5O2/c29-22(30)18-14-28(15-21-25-19-3-1-2-4-20(19)26-21)16-23(18)7-11-27(12-8-23)13-17-5-9-24-10-6-17/h1-6,9-10,18H,7-8,11-16H2,(H,25,26)(H,29,30). The number of hydrogen-bond acceptors (Lipinski definition) is 5. The Morgan fingerprint density at radius 2 is 1.87 bits per heavy atom. The molecule has 2 N–H and O–H groups in total. The van der Waals surface area contributed by atoms with Crippen LogP contribution in [-0.4, -0.2) is 62.0 Å². The fourth-order valence-corrected chi connectivity index (χ4v) is 5.23. The van der Waals surface area contributed by atoms with E-state index in [9.17, 15) is 9.90 Å². The van der Waals surface area contributed by atoms with Crippen LogP contribution in [0.2, 0.25) is 0 Å². The molecule has 2 saturated heterocycles. The Labute approximate surface area is 175 Å². The molecule has 2 aliphatic heterocycles. The zero-order valence-corrected chi connectivity index (χ0v) is 17.0. The van der Waals surface area contributed by atoms with E-state index in [1.165, 1.54) is 5.56 Å². The lowest BCUT2D eigenvalue weighted by Gasteiger charge is -2.41. The molecule has 7 nitrogen and oxygen atoms in total. The van der Waals surface area contributed by atoms with Gasteiger partial charge in [-0.3, -0.25) is 19.6 Å². The summed E-state index contributed by atoms with van der Waals surface area (Å²) in [6.45, 7) is 4.86. The van der Waals surface area contributed by atoms with Gasteiger partial charge in [0.1, 0.15) is 5.82 Å². The summed E-state index contributed by atoms with van der Waals surface area (Å²) in [5.74, 6) is -0.0674. The fraction of sp³-hybridized carbons (Fsp3) is 0.435. The van der Waals surface area contributed by atoms with Gasteiger partial charge in [0, 0.05) is 37.4 Å². The van der Waals surface area contributed by atoms with Crippen molar-refractivity contribution < 1.29 is 9.90 Å². The van der Waals surface area contributed by atoms with Gasteiger partial charge in [-0.15, -0.1) is 0 Å². The Balaban J connectivity index is 1.27. The van der Waals surface area contributed by atoms with E-state index in [4.69, 9.17) is 0 Å². The highest BCUT2D eigenvalue weighted by molar-refractivity contribution is 5.74. The molecule has 2 aliphatic rings. The molecule has 1 spiro atoms. The number of aromatic amines is 1. The molecule has 7 heteroatoms. The first-order valence-electron chi connectivity index (χ1n) is 10.6. The average molecular weight is 406 g/mol. The smallest absolute Gasteiger partial charge is 0.308 e. The number of aromatic nitrogens is 3. The zero-order chi connectivity index (χ0) is 20.6. The third-order valence-electron chi connectivity index (χ3n) is 6.84. The van der Waals surface area contributed by atoms with Crippen molar-refractivity contribution in [3.63, 3.8) is 0 Å². The van der Waals surface area contributed by atoms with Gasteiger partial charge in [0.15, 0.2) is 0 Å². The van der Waals surface area contributed by atoms with Crippen LogP contribution in [0.1, 0.15) is 24.2 Å². The van der Waals surface area contributed by atoms with E-state index in [-0.39, 0.29) is 11.3 Å². The summed E-state index contributed by atoms with van der Waals surface area (Å²) in [6.07, 6.45) is 5.50. The van der Waals surface area contributed by atoms with E-state index >= 15 is 0 Å². The first-order chi connectivity index (χ1) is 14.6. The number of carboxylic acids is 1. The molecular formula is C23H27N5O2. The molecule has 5 rings (SSSR count). The number of nitrogens with zero attached hydrogens (tertiary/aromatic N) is 4. The second kappa shape index (κ2) is 7.81. The number of para-hydroxylation sites is 2. The number of imidazole rings is 1. The van der Waals surface area contributed by atoms with Crippen molar-refractivity contribution in [2.45, 2.75) is 25.9 Å². The van der Waals surface area contributed by atoms with Gasteiger partial charge in [-0.05, 0) is 55.8 Å². The van der Waals surface area contributed by atoms with Crippen LogP contribution in [0.3, 0.4) is 0 Å². The number of fused-ring (bicyclic) bond motifs is 1.